The zero-order chi connectivity index (χ0) is 12.3. The lowest BCUT2D eigenvalue weighted by atomic mass is 10.1. The first-order valence-corrected chi connectivity index (χ1v) is 6.60. The Morgan fingerprint density at radius 3 is 2.65 bits per heavy atom. The van der Waals surface area contributed by atoms with E-state index in [0.717, 1.165) is 10.7 Å². The standard InChI is InChI=1S/C13H16N2OS/c1-9(2)11-12(16)15-13(17-11)14-8-10-6-4-3-5-7-10/h3-7,9,11H,8H2,1-2H3,(H,14,15,16). The summed E-state index contributed by atoms with van der Waals surface area (Å²) < 4.78 is 0. The number of nitrogens with zero attached hydrogens (tertiary/aromatic N) is 1. The summed E-state index contributed by atoms with van der Waals surface area (Å²) in [7, 11) is 0. The molecule has 1 atom stereocenters. The number of thioether (sulfide) groups is 1. The molecule has 0 saturated carbocycles. The van der Waals surface area contributed by atoms with Crippen molar-refractivity contribution in [2.45, 2.75) is 25.6 Å². The Morgan fingerprint density at radius 1 is 1.35 bits per heavy atom. The van der Waals surface area contributed by atoms with E-state index in [1.54, 1.807) is 0 Å². The molecule has 1 aliphatic rings. The molecule has 3 nitrogen and oxygen atoms in total. The third kappa shape index (κ3) is 3.09. The van der Waals surface area contributed by atoms with E-state index in [2.05, 4.69) is 24.2 Å². The predicted molar refractivity (Wildman–Crippen MR) is 71.9 cm³/mol. The molecule has 1 heterocycles. The lowest BCUT2D eigenvalue weighted by molar-refractivity contribution is -0.119. The van der Waals surface area contributed by atoms with E-state index in [-0.39, 0.29) is 11.2 Å². The van der Waals surface area contributed by atoms with Crippen LogP contribution in [0.3, 0.4) is 0 Å². The molecule has 1 saturated heterocycles. The van der Waals surface area contributed by atoms with Gasteiger partial charge in [-0.3, -0.25) is 9.79 Å². The van der Waals surface area contributed by atoms with Crippen LogP contribution in [0.1, 0.15) is 19.4 Å². The van der Waals surface area contributed by atoms with Gasteiger partial charge in [-0.1, -0.05) is 55.9 Å². The van der Waals surface area contributed by atoms with Crippen LogP contribution in [0.25, 0.3) is 0 Å². The number of aliphatic imine (C=N–C) groups is 1. The van der Waals surface area contributed by atoms with Crippen molar-refractivity contribution in [1.82, 2.24) is 5.32 Å². The summed E-state index contributed by atoms with van der Waals surface area (Å²) in [4.78, 5) is 16.0. The Labute approximate surface area is 106 Å². The summed E-state index contributed by atoms with van der Waals surface area (Å²) in [5, 5.41) is 3.58. The van der Waals surface area contributed by atoms with Gasteiger partial charge in [0, 0.05) is 0 Å². The van der Waals surface area contributed by atoms with Crippen molar-refractivity contribution in [3.8, 4) is 0 Å². The van der Waals surface area contributed by atoms with Crippen LogP contribution in [0.5, 0.6) is 0 Å². The van der Waals surface area contributed by atoms with Gasteiger partial charge in [0.25, 0.3) is 0 Å². The third-order valence-corrected chi connectivity index (χ3v) is 4.05. The highest BCUT2D eigenvalue weighted by Gasteiger charge is 2.32. The van der Waals surface area contributed by atoms with E-state index < -0.39 is 0 Å². The number of carbonyl (C=O) groups excluding carboxylic acids is 1. The van der Waals surface area contributed by atoms with Crippen molar-refractivity contribution in [3.63, 3.8) is 0 Å². The van der Waals surface area contributed by atoms with Gasteiger partial charge in [-0.2, -0.15) is 0 Å². The minimum atomic E-state index is 0.00419. The fourth-order valence-corrected chi connectivity index (χ4v) is 2.62. The summed E-state index contributed by atoms with van der Waals surface area (Å²) in [6.07, 6.45) is 0. The van der Waals surface area contributed by atoms with Crippen LogP contribution in [0.15, 0.2) is 35.3 Å². The van der Waals surface area contributed by atoms with Gasteiger partial charge in [-0.15, -0.1) is 0 Å². The number of amidine groups is 1. The van der Waals surface area contributed by atoms with E-state index in [0.29, 0.717) is 12.5 Å². The van der Waals surface area contributed by atoms with E-state index in [1.807, 2.05) is 30.3 Å². The summed E-state index contributed by atoms with van der Waals surface area (Å²) in [5.74, 6) is 0.418. The molecule has 90 valence electrons. The summed E-state index contributed by atoms with van der Waals surface area (Å²) in [5.41, 5.74) is 1.16. The Morgan fingerprint density at radius 2 is 2.06 bits per heavy atom. The molecule has 1 aromatic carbocycles. The molecule has 1 amide bonds. The van der Waals surface area contributed by atoms with Gasteiger partial charge >= 0.3 is 0 Å². The smallest absolute Gasteiger partial charge is 0.239 e. The molecule has 0 radical (unpaired) electrons. The maximum absolute atomic E-state index is 11.6. The predicted octanol–water partition coefficient (Wildman–Crippen LogP) is 2.43. The Hall–Kier alpha value is -1.29. The Bertz CT molecular complexity index is 428. The normalized spacial score (nSPS) is 22.2. The highest BCUT2D eigenvalue weighted by molar-refractivity contribution is 8.15. The second-order valence-corrected chi connectivity index (χ2v) is 5.51. The first kappa shape index (κ1) is 12.2. The molecule has 0 bridgehead atoms. The summed E-state index contributed by atoms with van der Waals surface area (Å²) >= 11 is 1.54. The van der Waals surface area contributed by atoms with Crippen molar-refractivity contribution in [1.29, 1.82) is 0 Å². The minimum Gasteiger partial charge on any atom is -0.304 e. The van der Waals surface area contributed by atoms with Crippen molar-refractivity contribution >= 4 is 22.8 Å². The molecule has 0 aliphatic carbocycles. The van der Waals surface area contributed by atoms with Crippen molar-refractivity contribution < 1.29 is 4.79 Å². The summed E-state index contributed by atoms with van der Waals surface area (Å²) in [6, 6.07) is 10.0. The van der Waals surface area contributed by atoms with Crippen molar-refractivity contribution in [3.05, 3.63) is 35.9 Å². The number of hydrogen-bond acceptors (Lipinski definition) is 3. The first-order valence-electron chi connectivity index (χ1n) is 5.72. The largest absolute Gasteiger partial charge is 0.304 e. The van der Waals surface area contributed by atoms with Gasteiger partial charge in [-0.25, -0.2) is 0 Å². The minimum absolute atomic E-state index is 0.00419. The molecule has 0 aromatic heterocycles. The molecule has 1 fully saturated rings. The third-order valence-electron chi connectivity index (χ3n) is 2.58. The van der Waals surface area contributed by atoms with Gasteiger partial charge in [-0.05, 0) is 11.5 Å². The monoisotopic (exact) mass is 248 g/mol. The molecular weight excluding hydrogens is 232 g/mol. The maximum atomic E-state index is 11.6. The fraction of sp³-hybridized carbons (Fsp3) is 0.385. The molecule has 0 spiro atoms. The van der Waals surface area contributed by atoms with Gasteiger partial charge in [0.05, 0.1) is 11.8 Å². The van der Waals surface area contributed by atoms with Crippen LogP contribution in [-0.4, -0.2) is 16.3 Å². The highest BCUT2D eigenvalue weighted by Crippen LogP contribution is 2.25. The average Bonchev–Trinajstić information content (AvgIpc) is 2.69. The number of rotatable bonds is 3. The quantitative estimate of drug-likeness (QED) is 0.892. The molecule has 1 N–H and O–H groups in total. The second-order valence-electron chi connectivity index (χ2n) is 4.38. The van der Waals surface area contributed by atoms with Crippen LogP contribution >= 0.6 is 11.8 Å². The van der Waals surface area contributed by atoms with E-state index in [9.17, 15) is 4.79 Å². The van der Waals surface area contributed by atoms with Crippen LogP contribution in [0, 0.1) is 5.92 Å². The van der Waals surface area contributed by atoms with E-state index in [4.69, 9.17) is 0 Å². The lowest BCUT2D eigenvalue weighted by Gasteiger charge is -2.07. The van der Waals surface area contributed by atoms with Crippen molar-refractivity contribution in [2.24, 2.45) is 10.9 Å². The van der Waals surface area contributed by atoms with Crippen LogP contribution in [-0.2, 0) is 11.3 Å². The molecule has 4 heteroatoms. The SMILES string of the molecule is CC(C)C1SC(=NCc2ccccc2)NC1=O. The summed E-state index contributed by atoms with van der Waals surface area (Å²) in [6.45, 7) is 4.73. The van der Waals surface area contributed by atoms with Gasteiger partial charge in [0.15, 0.2) is 5.17 Å². The van der Waals surface area contributed by atoms with Gasteiger partial charge in [0.1, 0.15) is 0 Å². The zero-order valence-corrected chi connectivity index (χ0v) is 10.8. The second kappa shape index (κ2) is 5.36. The van der Waals surface area contributed by atoms with Crippen molar-refractivity contribution in [2.75, 3.05) is 0 Å². The average molecular weight is 248 g/mol. The Balaban J connectivity index is 1.99. The molecule has 2 rings (SSSR count). The number of nitrogens with one attached hydrogen (secondary N) is 1. The molecular formula is C13H16N2OS. The zero-order valence-electron chi connectivity index (χ0n) is 10.0. The van der Waals surface area contributed by atoms with Gasteiger partial charge in [0.2, 0.25) is 5.91 Å². The lowest BCUT2D eigenvalue weighted by Crippen LogP contribution is -2.27. The number of benzene rings is 1. The molecule has 1 aromatic rings. The molecule has 1 aliphatic heterocycles. The molecule has 17 heavy (non-hydrogen) atoms. The fourth-order valence-electron chi connectivity index (χ4n) is 1.64. The van der Waals surface area contributed by atoms with Crippen LogP contribution < -0.4 is 5.32 Å². The topological polar surface area (TPSA) is 41.5 Å². The van der Waals surface area contributed by atoms with Crippen LogP contribution in [0.4, 0.5) is 0 Å². The Kier molecular flexibility index (Phi) is 3.84. The van der Waals surface area contributed by atoms with Crippen LogP contribution in [0.2, 0.25) is 0 Å². The number of amides is 1. The van der Waals surface area contributed by atoms with Gasteiger partial charge < -0.3 is 5.32 Å². The number of hydrogen-bond donors (Lipinski definition) is 1. The van der Waals surface area contributed by atoms with E-state index >= 15 is 0 Å². The molecule has 1 unspecified atom stereocenters. The highest BCUT2D eigenvalue weighted by atomic mass is 32.2. The van der Waals surface area contributed by atoms with E-state index in [1.165, 1.54) is 11.8 Å². The maximum Gasteiger partial charge on any atom is 0.239 e. The first-order chi connectivity index (χ1) is 8.16. The number of carbonyl (C=O) groups is 1.